The standard InChI is InChI=1S/C9H15NO2/c1-6(11)10-4-7-2-3-9(12)8(7)5-10/h7-9,12H,2-5H2,1H3. The molecule has 1 N–H and O–H groups in total. The normalized spacial score (nSPS) is 40.2. The highest BCUT2D eigenvalue weighted by Gasteiger charge is 2.42. The predicted octanol–water partition coefficient (Wildman–Crippen LogP) is 0.236. The summed E-state index contributed by atoms with van der Waals surface area (Å²) in [4.78, 5) is 12.9. The van der Waals surface area contributed by atoms with Crippen molar-refractivity contribution in [2.45, 2.75) is 25.9 Å². The number of aliphatic hydroxyl groups excluding tert-OH is 1. The first-order valence-electron chi connectivity index (χ1n) is 4.62. The van der Waals surface area contributed by atoms with Crippen LogP contribution < -0.4 is 0 Å². The number of likely N-dealkylation sites (tertiary alicyclic amines) is 1. The average molecular weight is 169 g/mol. The van der Waals surface area contributed by atoms with Gasteiger partial charge in [0.25, 0.3) is 0 Å². The minimum atomic E-state index is -0.153. The van der Waals surface area contributed by atoms with Crippen molar-refractivity contribution in [2.24, 2.45) is 11.8 Å². The Hall–Kier alpha value is -0.570. The van der Waals surface area contributed by atoms with Crippen molar-refractivity contribution in [3.05, 3.63) is 0 Å². The van der Waals surface area contributed by atoms with Gasteiger partial charge in [-0.1, -0.05) is 0 Å². The van der Waals surface area contributed by atoms with Gasteiger partial charge in [-0.15, -0.1) is 0 Å². The van der Waals surface area contributed by atoms with E-state index >= 15 is 0 Å². The Labute approximate surface area is 72.4 Å². The highest BCUT2D eigenvalue weighted by atomic mass is 16.3. The topological polar surface area (TPSA) is 40.5 Å². The summed E-state index contributed by atoms with van der Waals surface area (Å²) in [5, 5.41) is 9.56. The van der Waals surface area contributed by atoms with Gasteiger partial charge in [0.2, 0.25) is 5.91 Å². The average Bonchev–Trinajstić information content (AvgIpc) is 2.53. The third-order valence-corrected chi connectivity index (χ3v) is 3.26. The third-order valence-electron chi connectivity index (χ3n) is 3.26. The molecular formula is C9H15NO2. The summed E-state index contributed by atoms with van der Waals surface area (Å²) in [5.41, 5.74) is 0. The lowest BCUT2D eigenvalue weighted by atomic mass is 10.00. The van der Waals surface area contributed by atoms with Gasteiger partial charge in [0, 0.05) is 25.9 Å². The smallest absolute Gasteiger partial charge is 0.219 e. The number of nitrogens with zero attached hydrogens (tertiary/aromatic N) is 1. The molecule has 1 aliphatic carbocycles. The first-order chi connectivity index (χ1) is 5.68. The van der Waals surface area contributed by atoms with E-state index in [2.05, 4.69) is 0 Å². The van der Waals surface area contributed by atoms with Crippen LogP contribution >= 0.6 is 0 Å². The molecule has 2 fully saturated rings. The van der Waals surface area contributed by atoms with E-state index in [1.807, 2.05) is 4.90 Å². The fourth-order valence-corrected chi connectivity index (χ4v) is 2.49. The summed E-state index contributed by atoms with van der Waals surface area (Å²) in [5.74, 6) is 1.09. The summed E-state index contributed by atoms with van der Waals surface area (Å²) < 4.78 is 0. The van der Waals surface area contributed by atoms with Gasteiger partial charge in [0.1, 0.15) is 0 Å². The van der Waals surface area contributed by atoms with Crippen molar-refractivity contribution in [3.8, 4) is 0 Å². The van der Waals surface area contributed by atoms with Crippen LogP contribution in [-0.4, -0.2) is 35.1 Å². The number of amides is 1. The molecule has 1 saturated carbocycles. The Balaban J connectivity index is 2.03. The van der Waals surface area contributed by atoms with Crippen LogP contribution in [0.3, 0.4) is 0 Å². The second kappa shape index (κ2) is 2.73. The van der Waals surface area contributed by atoms with Crippen molar-refractivity contribution in [2.75, 3.05) is 13.1 Å². The fourth-order valence-electron chi connectivity index (χ4n) is 2.49. The van der Waals surface area contributed by atoms with Gasteiger partial charge in [0.05, 0.1) is 6.10 Å². The minimum Gasteiger partial charge on any atom is -0.393 e. The summed E-state index contributed by atoms with van der Waals surface area (Å²) in [6, 6.07) is 0. The summed E-state index contributed by atoms with van der Waals surface area (Å²) in [7, 11) is 0. The highest BCUT2D eigenvalue weighted by molar-refractivity contribution is 5.73. The third kappa shape index (κ3) is 1.12. The quantitative estimate of drug-likeness (QED) is 0.564. The fraction of sp³-hybridized carbons (Fsp3) is 0.889. The molecule has 2 aliphatic rings. The Kier molecular flexibility index (Phi) is 1.83. The summed E-state index contributed by atoms with van der Waals surface area (Å²) >= 11 is 0. The van der Waals surface area contributed by atoms with Crippen LogP contribution in [0.4, 0.5) is 0 Å². The molecule has 0 aromatic heterocycles. The molecule has 1 heterocycles. The first kappa shape index (κ1) is 8.05. The van der Waals surface area contributed by atoms with Gasteiger partial charge in [-0.3, -0.25) is 4.79 Å². The Morgan fingerprint density at radius 3 is 2.75 bits per heavy atom. The van der Waals surface area contributed by atoms with E-state index in [9.17, 15) is 9.90 Å². The Morgan fingerprint density at radius 2 is 2.17 bits per heavy atom. The zero-order valence-electron chi connectivity index (χ0n) is 7.36. The monoisotopic (exact) mass is 169 g/mol. The molecule has 3 unspecified atom stereocenters. The minimum absolute atomic E-state index is 0.150. The second-order valence-corrected chi connectivity index (χ2v) is 3.99. The highest BCUT2D eigenvalue weighted by Crippen LogP contribution is 2.37. The zero-order chi connectivity index (χ0) is 8.72. The maximum Gasteiger partial charge on any atom is 0.219 e. The molecule has 2 rings (SSSR count). The molecule has 3 nitrogen and oxygen atoms in total. The molecule has 3 heteroatoms. The maximum atomic E-state index is 11.0. The molecule has 0 spiro atoms. The van der Waals surface area contributed by atoms with Gasteiger partial charge < -0.3 is 10.0 Å². The lowest BCUT2D eigenvalue weighted by molar-refractivity contribution is -0.128. The molecule has 12 heavy (non-hydrogen) atoms. The van der Waals surface area contributed by atoms with Crippen molar-refractivity contribution in [1.82, 2.24) is 4.90 Å². The predicted molar refractivity (Wildman–Crippen MR) is 44.5 cm³/mol. The number of rotatable bonds is 0. The van der Waals surface area contributed by atoms with E-state index in [-0.39, 0.29) is 12.0 Å². The number of aliphatic hydroxyl groups is 1. The van der Waals surface area contributed by atoms with Crippen LogP contribution in [0.1, 0.15) is 19.8 Å². The van der Waals surface area contributed by atoms with Crippen molar-refractivity contribution in [3.63, 3.8) is 0 Å². The van der Waals surface area contributed by atoms with Crippen LogP contribution in [0, 0.1) is 11.8 Å². The SMILES string of the molecule is CC(=O)N1CC2CCC(O)C2C1. The van der Waals surface area contributed by atoms with E-state index in [0.29, 0.717) is 11.8 Å². The lowest BCUT2D eigenvalue weighted by Crippen LogP contribution is -2.28. The zero-order valence-corrected chi connectivity index (χ0v) is 7.36. The van der Waals surface area contributed by atoms with E-state index in [1.165, 1.54) is 0 Å². The van der Waals surface area contributed by atoms with Crippen molar-refractivity contribution >= 4 is 5.91 Å². The molecule has 0 aromatic rings. The maximum absolute atomic E-state index is 11.0. The molecule has 0 radical (unpaired) electrons. The van der Waals surface area contributed by atoms with Crippen LogP contribution in [-0.2, 0) is 4.79 Å². The lowest BCUT2D eigenvalue weighted by Gasteiger charge is -2.15. The van der Waals surface area contributed by atoms with Crippen molar-refractivity contribution < 1.29 is 9.90 Å². The van der Waals surface area contributed by atoms with Crippen LogP contribution in [0.5, 0.6) is 0 Å². The number of fused-ring (bicyclic) bond motifs is 1. The largest absolute Gasteiger partial charge is 0.393 e. The Bertz CT molecular complexity index is 205. The second-order valence-electron chi connectivity index (χ2n) is 3.99. The van der Waals surface area contributed by atoms with Gasteiger partial charge in [-0.05, 0) is 18.8 Å². The molecule has 3 atom stereocenters. The van der Waals surface area contributed by atoms with Gasteiger partial charge in [-0.2, -0.15) is 0 Å². The van der Waals surface area contributed by atoms with Gasteiger partial charge in [0.15, 0.2) is 0 Å². The van der Waals surface area contributed by atoms with Crippen molar-refractivity contribution in [1.29, 1.82) is 0 Å². The van der Waals surface area contributed by atoms with E-state index in [0.717, 1.165) is 25.9 Å². The molecule has 1 saturated heterocycles. The molecule has 1 aliphatic heterocycles. The molecule has 0 bridgehead atoms. The number of hydrogen-bond donors (Lipinski definition) is 1. The number of hydrogen-bond acceptors (Lipinski definition) is 2. The van der Waals surface area contributed by atoms with E-state index < -0.39 is 0 Å². The van der Waals surface area contributed by atoms with E-state index in [1.54, 1.807) is 6.92 Å². The van der Waals surface area contributed by atoms with Gasteiger partial charge in [-0.25, -0.2) is 0 Å². The summed E-state index contributed by atoms with van der Waals surface area (Å²) in [6.45, 7) is 3.26. The van der Waals surface area contributed by atoms with Crippen LogP contribution in [0.15, 0.2) is 0 Å². The molecule has 68 valence electrons. The number of carbonyl (C=O) groups is 1. The molecular weight excluding hydrogens is 154 g/mol. The van der Waals surface area contributed by atoms with Crippen LogP contribution in [0.2, 0.25) is 0 Å². The summed E-state index contributed by atoms with van der Waals surface area (Å²) in [6.07, 6.45) is 1.87. The van der Waals surface area contributed by atoms with E-state index in [4.69, 9.17) is 0 Å². The molecule has 0 aromatic carbocycles. The molecule has 1 amide bonds. The van der Waals surface area contributed by atoms with Crippen LogP contribution in [0.25, 0.3) is 0 Å². The Morgan fingerprint density at radius 1 is 1.42 bits per heavy atom. The number of carbonyl (C=O) groups excluding carboxylic acids is 1. The first-order valence-corrected chi connectivity index (χ1v) is 4.62. The van der Waals surface area contributed by atoms with Gasteiger partial charge >= 0.3 is 0 Å².